The van der Waals surface area contributed by atoms with Crippen molar-refractivity contribution in [3.63, 3.8) is 0 Å². The fraction of sp³-hybridized carbons (Fsp3) is 0.231. The van der Waals surface area contributed by atoms with Gasteiger partial charge in [-0.05, 0) is 29.0 Å². The van der Waals surface area contributed by atoms with Gasteiger partial charge in [-0.2, -0.15) is 14.3 Å². The molecule has 0 bridgehead atoms. The molecule has 0 amide bonds. The summed E-state index contributed by atoms with van der Waals surface area (Å²) in [5.41, 5.74) is 2.09. The number of hydrogen-bond donors (Lipinski definition) is 0. The normalized spacial score (nSPS) is 10.8. The largest absolute Gasteiger partial charge is 0.445 e. The predicted octanol–water partition coefficient (Wildman–Crippen LogP) is 0.841. The highest BCUT2D eigenvalue weighted by Gasteiger charge is 2.14. The van der Waals surface area contributed by atoms with Gasteiger partial charge in [-0.3, -0.25) is 0 Å². The molecule has 8 heteroatoms. The minimum absolute atomic E-state index is 0.177. The standard InChI is InChI=1S/C13H13N5O3/c1-9-4-3-5-11(18-13(19)17(2)15-16-18)10(9)8-21-12-14-6-7-20-12/h3-7H,8H2,1-2H3. The molecular formula is C13H13N5O3. The molecule has 108 valence electrons. The zero-order valence-electron chi connectivity index (χ0n) is 11.6. The average molecular weight is 287 g/mol. The fourth-order valence-electron chi connectivity index (χ4n) is 1.95. The van der Waals surface area contributed by atoms with E-state index in [0.29, 0.717) is 5.69 Å². The first kappa shape index (κ1) is 13.1. The van der Waals surface area contributed by atoms with Gasteiger partial charge in [0.2, 0.25) is 0 Å². The minimum atomic E-state index is -0.321. The molecule has 8 nitrogen and oxygen atoms in total. The van der Waals surface area contributed by atoms with Crippen molar-refractivity contribution >= 4 is 0 Å². The van der Waals surface area contributed by atoms with Crippen LogP contribution in [-0.2, 0) is 13.7 Å². The van der Waals surface area contributed by atoms with Crippen molar-refractivity contribution in [2.24, 2.45) is 7.05 Å². The van der Waals surface area contributed by atoms with Crippen LogP contribution >= 0.6 is 0 Å². The molecule has 1 aromatic carbocycles. The Balaban J connectivity index is 1.99. The number of ether oxygens (including phenoxy) is 1. The van der Waals surface area contributed by atoms with E-state index in [9.17, 15) is 4.79 Å². The molecule has 0 fully saturated rings. The van der Waals surface area contributed by atoms with Crippen LogP contribution in [-0.4, -0.2) is 24.8 Å². The van der Waals surface area contributed by atoms with Gasteiger partial charge in [-0.1, -0.05) is 12.1 Å². The van der Waals surface area contributed by atoms with Gasteiger partial charge >= 0.3 is 11.8 Å². The third kappa shape index (κ3) is 2.42. The van der Waals surface area contributed by atoms with Crippen LogP contribution in [0, 0.1) is 6.92 Å². The van der Waals surface area contributed by atoms with Crippen LogP contribution in [0.15, 0.2) is 39.9 Å². The van der Waals surface area contributed by atoms with Gasteiger partial charge in [0.25, 0.3) is 0 Å². The molecule has 0 atom stereocenters. The average Bonchev–Trinajstić information content (AvgIpc) is 3.09. The molecule has 0 radical (unpaired) electrons. The minimum Gasteiger partial charge on any atom is -0.445 e. The molecule has 0 unspecified atom stereocenters. The molecule has 0 N–H and O–H groups in total. The molecule has 0 aliphatic heterocycles. The maximum absolute atomic E-state index is 12.0. The number of tetrazole rings is 1. The lowest BCUT2D eigenvalue weighted by Gasteiger charge is -2.10. The Kier molecular flexibility index (Phi) is 3.27. The number of hydrogen-bond acceptors (Lipinski definition) is 6. The summed E-state index contributed by atoms with van der Waals surface area (Å²) in [6.45, 7) is 2.14. The van der Waals surface area contributed by atoms with Crippen molar-refractivity contribution in [2.45, 2.75) is 13.5 Å². The highest BCUT2D eigenvalue weighted by Crippen LogP contribution is 2.19. The quantitative estimate of drug-likeness (QED) is 0.706. The van der Waals surface area contributed by atoms with E-state index in [2.05, 4.69) is 15.4 Å². The Morgan fingerprint density at radius 3 is 2.86 bits per heavy atom. The molecule has 0 aliphatic carbocycles. The summed E-state index contributed by atoms with van der Waals surface area (Å²) in [7, 11) is 1.55. The molecule has 0 saturated carbocycles. The molecule has 2 aromatic heterocycles. The third-order valence-electron chi connectivity index (χ3n) is 3.08. The monoisotopic (exact) mass is 287 g/mol. The summed E-state index contributed by atoms with van der Waals surface area (Å²) in [6, 6.07) is 5.57. The first-order valence-electron chi connectivity index (χ1n) is 6.27. The van der Waals surface area contributed by atoms with Gasteiger partial charge in [-0.25, -0.2) is 4.79 Å². The Bertz CT molecular complexity index is 804. The van der Waals surface area contributed by atoms with Crippen molar-refractivity contribution in [3.8, 4) is 11.8 Å². The van der Waals surface area contributed by atoms with Crippen LogP contribution in [0.3, 0.4) is 0 Å². The van der Waals surface area contributed by atoms with Gasteiger partial charge in [0.15, 0.2) is 0 Å². The van der Waals surface area contributed by atoms with Crippen molar-refractivity contribution in [1.82, 2.24) is 24.8 Å². The summed E-state index contributed by atoms with van der Waals surface area (Å²) in [4.78, 5) is 15.9. The van der Waals surface area contributed by atoms with Gasteiger partial charge in [0.05, 0.1) is 11.9 Å². The van der Waals surface area contributed by atoms with Crippen molar-refractivity contribution in [3.05, 3.63) is 52.3 Å². The number of nitrogens with zero attached hydrogens (tertiary/aromatic N) is 5. The van der Waals surface area contributed by atoms with E-state index < -0.39 is 0 Å². The van der Waals surface area contributed by atoms with Crippen LogP contribution in [0.4, 0.5) is 0 Å². The van der Waals surface area contributed by atoms with Crippen molar-refractivity contribution in [1.29, 1.82) is 0 Å². The number of oxazole rings is 1. The van der Waals surface area contributed by atoms with Gasteiger partial charge < -0.3 is 9.15 Å². The molecule has 0 spiro atoms. The zero-order chi connectivity index (χ0) is 14.8. The topological polar surface area (TPSA) is 88.0 Å². The summed E-state index contributed by atoms with van der Waals surface area (Å²) in [6.07, 6.45) is 3.11. The van der Waals surface area contributed by atoms with E-state index >= 15 is 0 Å². The molecule has 2 heterocycles. The van der Waals surface area contributed by atoms with Crippen molar-refractivity contribution in [2.75, 3.05) is 0 Å². The van der Waals surface area contributed by atoms with Gasteiger partial charge in [0, 0.05) is 12.6 Å². The molecule has 3 rings (SSSR count). The lowest BCUT2D eigenvalue weighted by Crippen LogP contribution is -2.23. The van der Waals surface area contributed by atoms with Crippen LogP contribution in [0.25, 0.3) is 5.69 Å². The first-order valence-corrected chi connectivity index (χ1v) is 6.27. The highest BCUT2D eigenvalue weighted by atomic mass is 16.6. The Labute approximate surface area is 119 Å². The van der Waals surface area contributed by atoms with E-state index in [-0.39, 0.29) is 18.4 Å². The summed E-state index contributed by atoms with van der Waals surface area (Å²) >= 11 is 0. The van der Waals surface area contributed by atoms with Crippen LogP contribution in [0.1, 0.15) is 11.1 Å². The zero-order valence-corrected chi connectivity index (χ0v) is 11.6. The number of benzene rings is 1. The predicted molar refractivity (Wildman–Crippen MR) is 72.2 cm³/mol. The van der Waals surface area contributed by atoms with Crippen LogP contribution in [0.5, 0.6) is 6.08 Å². The Morgan fingerprint density at radius 2 is 2.19 bits per heavy atom. The number of aryl methyl sites for hydroxylation is 2. The second-order valence-electron chi connectivity index (χ2n) is 4.46. The van der Waals surface area contributed by atoms with E-state index in [1.54, 1.807) is 13.1 Å². The van der Waals surface area contributed by atoms with E-state index in [1.807, 2.05) is 19.1 Å². The second kappa shape index (κ2) is 5.23. The van der Waals surface area contributed by atoms with E-state index in [1.165, 1.54) is 21.8 Å². The second-order valence-corrected chi connectivity index (χ2v) is 4.46. The molecule has 21 heavy (non-hydrogen) atoms. The van der Waals surface area contributed by atoms with Crippen molar-refractivity contribution < 1.29 is 9.15 Å². The lowest BCUT2D eigenvalue weighted by atomic mass is 10.1. The molecule has 0 saturated heterocycles. The molecule has 3 aromatic rings. The summed E-state index contributed by atoms with van der Waals surface area (Å²) in [5, 5.41) is 7.57. The van der Waals surface area contributed by atoms with E-state index in [0.717, 1.165) is 11.1 Å². The third-order valence-corrected chi connectivity index (χ3v) is 3.08. The van der Waals surface area contributed by atoms with Gasteiger partial charge in [-0.15, -0.1) is 0 Å². The number of aromatic nitrogens is 5. The maximum atomic E-state index is 12.0. The van der Waals surface area contributed by atoms with E-state index in [4.69, 9.17) is 9.15 Å². The molecular weight excluding hydrogens is 274 g/mol. The van der Waals surface area contributed by atoms with Gasteiger partial charge in [0.1, 0.15) is 12.9 Å². The smallest absolute Gasteiger partial charge is 0.393 e. The lowest BCUT2D eigenvalue weighted by molar-refractivity contribution is 0.219. The fourth-order valence-corrected chi connectivity index (χ4v) is 1.95. The maximum Gasteiger partial charge on any atom is 0.393 e. The Hall–Kier alpha value is -2.90. The first-order chi connectivity index (χ1) is 10.2. The number of rotatable bonds is 4. The SMILES string of the molecule is Cc1cccc(-n2nnn(C)c2=O)c1COc1ncco1. The summed E-state index contributed by atoms with van der Waals surface area (Å²) < 4.78 is 12.9. The summed E-state index contributed by atoms with van der Waals surface area (Å²) in [5.74, 6) is 0. The van der Waals surface area contributed by atoms with Crippen LogP contribution in [0.2, 0.25) is 0 Å². The highest BCUT2D eigenvalue weighted by molar-refractivity contribution is 5.44. The molecule has 0 aliphatic rings. The Morgan fingerprint density at radius 1 is 1.33 bits per heavy atom. The van der Waals surface area contributed by atoms with Crippen LogP contribution < -0.4 is 10.4 Å².